The number of nitrogens with zero attached hydrogens (tertiary/aromatic N) is 1. The van der Waals surface area contributed by atoms with E-state index in [9.17, 15) is 14.9 Å². The number of benzene rings is 2. The highest BCUT2D eigenvalue weighted by Gasteiger charge is 2.15. The van der Waals surface area contributed by atoms with Crippen molar-refractivity contribution in [3.05, 3.63) is 85.1 Å². The summed E-state index contributed by atoms with van der Waals surface area (Å²) in [6.45, 7) is 2.02. The number of aryl methyl sites for hydroxylation is 1. The second-order valence-electron chi connectivity index (χ2n) is 5.75. The van der Waals surface area contributed by atoms with Crippen LogP contribution >= 0.6 is 22.9 Å². The van der Waals surface area contributed by atoms with Crippen molar-refractivity contribution in [1.29, 1.82) is 0 Å². The molecule has 3 rings (SSSR count). The van der Waals surface area contributed by atoms with Gasteiger partial charge in [-0.2, -0.15) is 0 Å². The normalized spacial score (nSPS) is 10.4. The number of halogens is 1. The predicted molar refractivity (Wildman–Crippen MR) is 106 cm³/mol. The number of rotatable bonds is 6. The van der Waals surface area contributed by atoms with Gasteiger partial charge in [-0.25, -0.2) is 0 Å². The molecule has 0 saturated carbocycles. The third-order valence-corrected chi connectivity index (χ3v) is 5.15. The zero-order valence-electron chi connectivity index (χ0n) is 14.3. The third-order valence-electron chi connectivity index (χ3n) is 3.76. The maximum Gasteiger partial charge on any atom is 0.310 e. The topological polar surface area (TPSA) is 81.5 Å². The van der Waals surface area contributed by atoms with Crippen LogP contribution in [0.5, 0.6) is 5.75 Å². The Kier molecular flexibility index (Phi) is 5.73. The smallest absolute Gasteiger partial charge is 0.310 e. The highest BCUT2D eigenvalue weighted by molar-refractivity contribution is 7.12. The molecule has 0 aliphatic rings. The number of thiophene rings is 1. The Balaban J connectivity index is 1.65. The molecule has 0 atom stereocenters. The van der Waals surface area contributed by atoms with E-state index >= 15 is 0 Å². The molecule has 6 nitrogen and oxygen atoms in total. The molecule has 0 spiro atoms. The number of carbonyl (C=O) groups excluding carboxylic acids is 1. The summed E-state index contributed by atoms with van der Waals surface area (Å²) in [6, 6.07) is 13.2. The lowest BCUT2D eigenvalue weighted by atomic mass is 10.2. The van der Waals surface area contributed by atoms with Gasteiger partial charge in [0.15, 0.2) is 5.75 Å². The minimum atomic E-state index is -0.492. The number of amides is 1. The molecule has 138 valence electrons. The summed E-state index contributed by atoms with van der Waals surface area (Å²) in [7, 11) is 0. The van der Waals surface area contributed by atoms with Crippen molar-refractivity contribution in [3.63, 3.8) is 0 Å². The standard InChI is InChI=1S/C19H15ClN2O4S/c1-12-6-7-14(9-15(12)20)21-19(23)18-8-13(11-27-18)10-26-17-5-3-2-4-16(17)22(24)25/h2-9,11H,10H2,1H3,(H,21,23). The van der Waals surface area contributed by atoms with E-state index in [1.807, 2.05) is 13.0 Å². The van der Waals surface area contributed by atoms with Crippen LogP contribution in [0, 0.1) is 17.0 Å². The Labute approximate surface area is 164 Å². The summed E-state index contributed by atoms with van der Waals surface area (Å²) >= 11 is 7.34. The summed E-state index contributed by atoms with van der Waals surface area (Å²) in [5, 5.41) is 16.2. The Morgan fingerprint density at radius 2 is 2.04 bits per heavy atom. The number of nitro benzene ring substituents is 1. The first kappa shape index (κ1) is 18.9. The van der Waals surface area contributed by atoms with Crippen molar-refractivity contribution < 1.29 is 14.5 Å². The largest absolute Gasteiger partial charge is 0.482 e. The fraction of sp³-hybridized carbons (Fsp3) is 0.105. The number of para-hydroxylation sites is 2. The minimum absolute atomic E-state index is 0.0954. The molecule has 0 unspecified atom stereocenters. The first-order chi connectivity index (χ1) is 12.9. The Morgan fingerprint density at radius 1 is 1.26 bits per heavy atom. The van der Waals surface area contributed by atoms with Gasteiger partial charge < -0.3 is 10.1 Å². The van der Waals surface area contributed by atoms with E-state index in [1.165, 1.54) is 17.4 Å². The number of nitro groups is 1. The van der Waals surface area contributed by atoms with Crippen molar-refractivity contribution in [3.8, 4) is 5.75 Å². The van der Waals surface area contributed by atoms with E-state index < -0.39 is 4.92 Å². The van der Waals surface area contributed by atoms with Crippen LogP contribution in [0.2, 0.25) is 5.02 Å². The number of hydrogen-bond acceptors (Lipinski definition) is 5. The minimum Gasteiger partial charge on any atom is -0.482 e. The molecule has 0 fully saturated rings. The Morgan fingerprint density at radius 3 is 2.78 bits per heavy atom. The van der Waals surface area contributed by atoms with Crippen LogP contribution in [0.15, 0.2) is 53.9 Å². The molecule has 1 N–H and O–H groups in total. The Bertz CT molecular complexity index is 1000. The average molecular weight is 403 g/mol. The number of anilines is 1. The zero-order chi connectivity index (χ0) is 19.4. The maximum atomic E-state index is 12.4. The molecule has 8 heteroatoms. The Hall–Kier alpha value is -2.90. The highest BCUT2D eigenvalue weighted by atomic mass is 35.5. The van der Waals surface area contributed by atoms with Crippen molar-refractivity contribution in [2.75, 3.05) is 5.32 Å². The van der Waals surface area contributed by atoms with Gasteiger partial charge in [-0.1, -0.05) is 29.8 Å². The van der Waals surface area contributed by atoms with Gasteiger partial charge in [-0.15, -0.1) is 11.3 Å². The molecule has 0 bridgehead atoms. The van der Waals surface area contributed by atoms with E-state index in [4.69, 9.17) is 16.3 Å². The van der Waals surface area contributed by atoms with Crippen molar-refractivity contribution >= 4 is 40.2 Å². The summed E-state index contributed by atoms with van der Waals surface area (Å²) in [4.78, 5) is 23.4. The number of nitrogens with one attached hydrogen (secondary N) is 1. The lowest BCUT2D eigenvalue weighted by molar-refractivity contribution is -0.385. The fourth-order valence-corrected chi connectivity index (χ4v) is 3.30. The van der Waals surface area contributed by atoms with Crippen LogP contribution in [-0.4, -0.2) is 10.8 Å². The van der Waals surface area contributed by atoms with Gasteiger partial charge in [-0.05, 0) is 42.1 Å². The van der Waals surface area contributed by atoms with E-state index in [-0.39, 0.29) is 24.0 Å². The van der Waals surface area contributed by atoms with Gasteiger partial charge in [0, 0.05) is 22.3 Å². The van der Waals surface area contributed by atoms with E-state index in [0.29, 0.717) is 15.6 Å². The van der Waals surface area contributed by atoms with Gasteiger partial charge in [0.05, 0.1) is 9.80 Å². The summed E-state index contributed by atoms with van der Waals surface area (Å²) in [5.74, 6) is -0.0640. The lowest BCUT2D eigenvalue weighted by Gasteiger charge is -2.06. The van der Waals surface area contributed by atoms with Crippen LogP contribution in [0.3, 0.4) is 0 Å². The van der Waals surface area contributed by atoms with E-state index in [1.54, 1.807) is 41.8 Å². The van der Waals surface area contributed by atoms with Gasteiger partial charge in [0.1, 0.15) is 6.61 Å². The molecule has 1 aromatic heterocycles. The van der Waals surface area contributed by atoms with Gasteiger partial charge in [0.25, 0.3) is 5.91 Å². The van der Waals surface area contributed by atoms with Gasteiger partial charge in [-0.3, -0.25) is 14.9 Å². The quantitative estimate of drug-likeness (QED) is 0.439. The molecule has 0 radical (unpaired) electrons. The maximum absolute atomic E-state index is 12.4. The highest BCUT2D eigenvalue weighted by Crippen LogP contribution is 2.27. The number of carbonyl (C=O) groups is 1. The molecule has 1 amide bonds. The SMILES string of the molecule is Cc1ccc(NC(=O)c2cc(COc3ccccc3[N+](=O)[O-])cs2)cc1Cl. The summed E-state index contributed by atoms with van der Waals surface area (Å²) in [6.07, 6.45) is 0. The first-order valence-corrected chi connectivity index (χ1v) is 9.21. The predicted octanol–water partition coefficient (Wildman–Crippen LogP) is 5.45. The van der Waals surface area contributed by atoms with Crippen molar-refractivity contribution in [1.82, 2.24) is 0 Å². The zero-order valence-corrected chi connectivity index (χ0v) is 15.8. The monoisotopic (exact) mass is 402 g/mol. The van der Waals surface area contributed by atoms with Crippen molar-refractivity contribution in [2.24, 2.45) is 0 Å². The van der Waals surface area contributed by atoms with E-state index in [0.717, 1.165) is 11.1 Å². The molecule has 27 heavy (non-hydrogen) atoms. The number of hydrogen-bond donors (Lipinski definition) is 1. The summed E-state index contributed by atoms with van der Waals surface area (Å²) in [5.41, 5.74) is 2.20. The lowest BCUT2D eigenvalue weighted by Crippen LogP contribution is -2.10. The molecule has 2 aromatic carbocycles. The second-order valence-corrected chi connectivity index (χ2v) is 7.07. The fourth-order valence-electron chi connectivity index (χ4n) is 2.32. The van der Waals surface area contributed by atoms with Gasteiger partial charge >= 0.3 is 5.69 Å². The molecule has 0 saturated heterocycles. The van der Waals surface area contributed by atoms with Gasteiger partial charge in [0.2, 0.25) is 0 Å². The van der Waals surface area contributed by atoms with Crippen LogP contribution in [0.1, 0.15) is 20.8 Å². The average Bonchev–Trinajstić information content (AvgIpc) is 3.12. The van der Waals surface area contributed by atoms with Crippen LogP contribution in [0.4, 0.5) is 11.4 Å². The van der Waals surface area contributed by atoms with Crippen LogP contribution < -0.4 is 10.1 Å². The second kappa shape index (κ2) is 8.20. The van der Waals surface area contributed by atoms with Crippen LogP contribution in [-0.2, 0) is 6.61 Å². The molecular weight excluding hydrogens is 388 g/mol. The molecule has 0 aliphatic heterocycles. The molecule has 0 aliphatic carbocycles. The molecule has 3 aromatic rings. The molecule has 1 heterocycles. The van der Waals surface area contributed by atoms with Crippen LogP contribution in [0.25, 0.3) is 0 Å². The third kappa shape index (κ3) is 4.64. The summed E-state index contributed by atoms with van der Waals surface area (Å²) < 4.78 is 5.54. The molecular formula is C19H15ClN2O4S. The number of ether oxygens (including phenoxy) is 1. The van der Waals surface area contributed by atoms with Crippen molar-refractivity contribution in [2.45, 2.75) is 13.5 Å². The first-order valence-electron chi connectivity index (χ1n) is 7.95. The van der Waals surface area contributed by atoms with E-state index in [2.05, 4.69) is 5.32 Å².